The molecule has 0 saturated heterocycles. The lowest BCUT2D eigenvalue weighted by Crippen LogP contribution is -2.14. The van der Waals surface area contributed by atoms with Gasteiger partial charge in [-0.05, 0) is 30.0 Å². The maximum Gasteiger partial charge on any atom is 0.267 e. The maximum absolute atomic E-state index is 13.5. The summed E-state index contributed by atoms with van der Waals surface area (Å²) in [6.07, 6.45) is 0. The highest BCUT2D eigenvalue weighted by Gasteiger charge is 2.14. The Bertz CT molecular complexity index is 545. The van der Waals surface area contributed by atoms with Crippen molar-refractivity contribution in [2.45, 2.75) is 6.92 Å². The minimum absolute atomic E-state index is 0.199. The summed E-state index contributed by atoms with van der Waals surface area (Å²) in [5, 5.41) is 4.26. The minimum atomic E-state index is -0.450. The van der Waals surface area contributed by atoms with Crippen LogP contribution < -0.4 is 11.1 Å². The van der Waals surface area contributed by atoms with E-state index in [0.29, 0.717) is 16.1 Å². The normalized spacial score (nSPS) is 10.2. The SMILES string of the molecule is Cc1cccc(F)c1NC(=O)c1sccc1N. The second-order valence-electron chi connectivity index (χ2n) is 3.59. The molecule has 88 valence electrons. The van der Waals surface area contributed by atoms with E-state index >= 15 is 0 Å². The van der Waals surface area contributed by atoms with Gasteiger partial charge in [0.15, 0.2) is 0 Å². The number of aryl methyl sites for hydroxylation is 1. The Morgan fingerprint density at radius 2 is 2.18 bits per heavy atom. The Labute approximate surface area is 102 Å². The topological polar surface area (TPSA) is 55.1 Å². The number of thiophene rings is 1. The Kier molecular flexibility index (Phi) is 3.10. The van der Waals surface area contributed by atoms with E-state index in [-0.39, 0.29) is 11.6 Å². The first-order valence-corrected chi connectivity index (χ1v) is 5.87. The molecule has 2 aromatic rings. The first-order chi connectivity index (χ1) is 8.09. The number of para-hydroxylation sites is 1. The number of carbonyl (C=O) groups excluding carboxylic acids is 1. The molecule has 0 bridgehead atoms. The molecule has 1 heterocycles. The van der Waals surface area contributed by atoms with Crippen molar-refractivity contribution in [3.63, 3.8) is 0 Å². The Morgan fingerprint density at radius 3 is 2.76 bits per heavy atom. The summed E-state index contributed by atoms with van der Waals surface area (Å²) in [5.41, 5.74) is 6.91. The van der Waals surface area contributed by atoms with Crippen LogP contribution in [-0.4, -0.2) is 5.91 Å². The van der Waals surface area contributed by atoms with Crippen LogP contribution in [0.3, 0.4) is 0 Å². The molecular formula is C12H11FN2OS. The van der Waals surface area contributed by atoms with Crippen LogP contribution in [0.15, 0.2) is 29.6 Å². The molecule has 2 rings (SSSR count). The van der Waals surface area contributed by atoms with Crippen LogP contribution >= 0.6 is 11.3 Å². The fourth-order valence-electron chi connectivity index (χ4n) is 1.46. The molecule has 1 aromatic carbocycles. The molecule has 5 heteroatoms. The summed E-state index contributed by atoms with van der Waals surface area (Å²) in [4.78, 5) is 12.2. The van der Waals surface area contributed by atoms with Crippen LogP contribution in [0.4, 0.5) is 15.8 Å². The average Bonchev–Trinajstić information content (AvgIpc) is 2.70. The highest BCUT2D eigenvalue weighted by atomic mass is 32.1. The van der Waals surface area contributed by atoms with E-state index in [1.165, 1.54) is 17.4 Å². The highest BCUT2D eigenvalue weighted by molar-refractivity contribution is 7.12. The van der Waals surface area contributed by atoms with Gasteiger partial charge < -0.3 is 11.1 Å². The summed E-state index contributed by atoms with van der Waals surface area (Å²) >= 11 is 1.23. The van der Waals surface area contributed by atoms with Crippen LogP contribution in [0.2, 0.25) is 0 Å². The molecule has 0 unspecified atom stereocenters. The lowest BCUT2D eigenvalue weighted by atomic mass is 10.2. The van der Waals surface area contributed by atoms with Gasteiger partial charge in [0, 0.05) is 0 Å². The van der Waals surface area contributed by atoms with Crippen LogP contribution in [0.5, 0.6) is 0 Å². The molecule has 3 nitrogen and oxygen atoms in total. The third-order valence-electron chi connectivity index (χ3n) is 2.36. The van der Waals surface area contributed by atoms with Crippen LogP contribution in [0.1, 0.15) is 15.2 Å². The van der Waals surface area contributed by atoms with E-state index in [9.17, 15) is 9.18 Å². The standard InChI is InChI=1S/C12H11FN2OS/c1-7-3-2-4-8(13)10(7)15-12(16)11-9(14)5-6-17-11/h2-6H,14H2,1H3,(H,15,16). The molecule has 0 fully saturated rings. The molecule has 3 N–H and O–H groups in total. The number of hydrogen-bond donors (Lipinski definition) is 2. The van der Waals surface area contributed by atoms with Gasteiger partial charge in [0.2, 0.25) is 0 Å². The molecule has 17 heavy (non-hydrogen) atoms. The molecule has 0 aliphatic rings. The maximum atomic E-state index is 13.5. The van der Waals surface area contributed by atoms with E-state index in [2.05, 4.69) is 5.32 Å². The molecular weight excluding hydrogens is 239 g/mol. The van der Waals surface area contributed by atoms with E-state index in [1.807, 2.05) is 0 Å². The number of amides is 1. The largest absolute Gasteiger partial charge is 0.397 e. The second kappa shape index (κ2) is 4.55. The molecule has 0 saturated carbocycles. The molecule has 0 spiro atoms. The van der Waals surface area contributed by atoms with Gasteiger partial charge in [-0.25, -0.2) is 4.39 Å². The third-order valence-corrected chi connectivity index (χ3v) is 3.29. The van der Waals surface area contributed by atoms with Crippen molar-refractivity contribution in [3.8, 4) is 0 Å². The number of nitrogens with one attached hydrogen (secondary N) is 1. The summed E-state index contributed by atoms with van der Waals surface area (Å²) < 4.78 is 13.5. The number of rotatable bonds is 2. The van der Waals surface area contributed by atoms with Crippen molar-refractivity contribution in [2.24, 2.45) is 0 Å². The molecule has 0 aliphatic carbocycles. The smallest absolute Gasteiger partial charge is 0.267 e. The molecule has 1 amide bonds. The first-order valence-electron chi connectivity index (χ1n) is 4.99. The van der Waals surface area contributed by atoms with Gasteiger partial charge in [-0.2, -0.15) is 0 Å². The van der Waals surface area contributed by atoms with Crippen molar-refractivity contribution in [3.05, 3.63) is 45.9 Å². The van der Waals surface area contributed by atoms with Crippen molar-refractivity contribution in [1.29, 1.82) is 0 Å². The molecule has 1 aromatic heterocycles. The zero-order valence-corrected chi connectivity index (χ0v) is 9.98. The zero-order chi connectivity index (χ0) is 12.4. The number of halogens is 1. The predicted octanol–water partition coefficient (Wildman–Crippen LogP) is 3.03. The van der Waals surface area contributed by atoms with E-state index < -0.39 is 5.82 Å². The number of hydrogen-bond acceptors (Lipinski definition) is 3. The number of anilines is 2. The predicted molar refractivity (Wildman–Crippen MR) is 67.8 cm³/mol. The van der Waals surface area contributed by atoms with Gasteiger partial charge in [-0.1, -0.05) is 12.1 Å². The van der Waals surface area contributed by atoms with Gasteiger partial charge in [-0.15, -0.1) is 11.3 Å². The van der Waals surface area contributed by atoms with E-state index in [4.69, 9.17) is 5.73 Å². The third kappa shape index (κ3) is 2.29. The number of nitrogen functional groups attached to an aromatic ring is 1. The number of benzene rings is 1. The van der Waals surface area contributed by atoms with Gasteiger partial charge in [0.25, 0.3) is 5.91 Å². The number of carbonyl (C=O) groups is 1. The zero-order valence-electron chi connectivity index (χ0n) is 9.16. The molecule has 0 aliphatic heterocycles. The van der Waals surface area contributed by atoms with E-state index in [0.717, 1.165) is 0 Å². The Morgan fingerprint density at radius 1 is 1.41 bits per heavy atom. The van der Waals surface area contributed by atoms with Crippen LogP contribution in [0, 0.1) is 12.7 Å². The van der Waals surface area contributed by atoms with Crippen molar-refractivity contribution < 1.29 is 9.18 Å². The van der Waals surface area contributed by atoms with Crippen LogP contribution in [-0.2, 0) is 0 Å². The summed E-state index contributed by atoms with van der Waals surface area (Å²) in [6.45, 7) is 1.73. The number of nitrogens with two attached hydrogens (primary N) is 1. The van der Waals surface area contributed by atoms with Gasteiger partial charge in [-0.3, -0.25) is 4.79 Å². The fourth-order valence-corrected chi connectivity index (χ4v) is 2.18. The van der Waals surface area contributed by atoms with Gasteiger partial charge >= 0.3 is 0 Å². The quantitative estimate of drug-likeness (QED) is 0.860. The van der Waals surface area contributed by atoms with Crippen LogP contribution in [0.25, 0.3) is 0 Å². The highest BCUT2D eigenvalue weighted by Crippen LogP contribution is 2.23. The molecule has 0 atom stereocenters. The minimum Gasteiger partial charge on any atom is -0.397 e. The summed E-state index contributed by atoms with van der Waals surface area (Å²) in [5.74, 6) is -0.834. The summed E-state index contributed by atoms with van der Waals surface area (Å²) in [7, 11) is 0. The summed E-state index contributed by atoms with van der Waals surface area (Å²) in [6, 6.07) is 6.28. The van der Waals surface area contributed by atoms with Crippen molar-refractivity contribution >= 4 is 28.6 Å². The lowest BCUT2D eigenvalue weighted by molar-refractivity contribution is 0.103. The first kappa shape index (κ1) is 11.6. The lowest BCUT2D eigenvalue weighted by Gasteiger charge is -2.08. The Balaban J connectivity index is 2.28. The second-order valence-corrected chi connectivity index (χ2v) is 4.51. The van der Waals surface area contributed by atoms with Crippen molar-refractivity contribution in [1.82, 2.24) is 0 Å². The molecule has 0 radical (unpaired) electrons. The van der Waals surface area contributed by atoms with Gasteiger partial charge in [0.1, 0.15) is 10.7 Å². The van der Waals surface area contributed by atoms with Gasteiger partial charge in [0.05, 0.1) is 11.4 Å². The Hall–Kier alpha value is -1.88. The van der Waals surface area contributed by atoms with E-state index in [1.54, 1.807) is 30.5 Å². The fraction of sp³-hybridized carbons (Fsp3) is 0.0833. The monoisotopic (exact) mass is 250 g/mol. The average molecular weight is 250 g/mol. The van der Waals surface area contributed by atoms with Crippen molar-refractivity contribution in [2.75, 3.05) is 11.1 Å².